The van der Waals surface area contributed by atoms with Crippen molar-refractivity contribution in [2.24, 2.45) is 0 Å². The molecule has 0 aromatic carbocycles. The molecule has 0 aliphatic carbocycles. The zero-order chi connectivity index (χ0) is 8.27. The van der Waals surface area contributed by atoms with Crippen molar-refractivity contribution in [3.8, 4) is 6.07 Å². The Morgan fingerprint density at radius 2 is 2.64 bits per heavy atom. The molecule has 0 aliphatic rings. The van der Waals surface area contributed by atoms with Crippen molar-refractivity contribution in [2.75, 3.05) is 0 Å². The molecule has 1 rings (SSSR count). The molecule has 1 aromatic heterocycles. The van der Waals surface area contributed by atoms with Crippen LogP contribution in [-0.4, -0.2) is 9.78 Å². The van der Waals surface area contributed by atoms with E-state index in [0.717, 1.165) is 0 Å². The minimum atomic E-state index is -0.600. The first-order chi connectivity index (χ1) is 5.29. The van der Waals surface area contributed by atoms with Crippen LogP contribution in [0.15, 0.2) is 29.7 Å². The standard InChI is InChI=1S/C7H7N3O/c1-2-6(5-8)10-7(11)3-4-9-10/h2-4,6,9H,1H2. The summed E-state index contributed by atoms with van der Waals surface area (Å²) in [5, 5.41) is 11.1. The Bertz CT molecular complexity index is 341. The van der Waals surface area contributed by atoms with Gasteiger partial charge in [0.2, 0.25) is 0 Å². The number of aromatic nitrogens is 2. The number of allylic oxidation sites excluding steroid dienone is 1. The highest BCUT2D eigenvalue weighted by molar-refractivity contribution is 5.01. The van der Waals surface area contributed by atoms with Crippen LogP contribution in [0.4, 0.5) is 0 Å². The molecule has 0 bridgehead atoms. The van der Waals surface area contributed by atoms with E-state index >= 15 is 0 Å². The predicted octanol–water partition coefficient (Wildman–Crippen LogP) is 0.427. The minimum Gasteiger partial charge on any atom is -0.301 e. The van der Waals surface area contributed by atoms with Crippen molar-refractivity contribution in [1.82, 2.24) is 9.78 Å². The van der Waals surface area contributed by atoms with E-state index in [2.05, 4.69) is 11.7 Å². The van der Waals surface area contributed by atoms with Gasteiger partial charge in [-0.05, 0) is 0 Å². The second-order valence-corrected chi connectivity index (χ2v) is 1.98. The summed E-state index contributed by atoms with van der Waals surface area (Å²) in [6, 6.07) is 2.66. The number of hydrogen-bond donors (Lipinski definition) is 1. The van der Waals surface area contributed by atoms with Gasteiger partial charge in [0.15, 0.2) is 6.04 Å². The summed E-state index contributed by atoms with van der Waals surface area (Å²) in [4.78, 5) is 10.9. The second kappa shape index (κ2) is 2.88. The van der Waals surface area contributed by atoms with Gasteiger partial charge < -0.3 is 5.10 Å². The van der Waals surface area contributed by atoms with Crippen molar-refractivity contribution in [3.63, 3.8) is 0 Å². The highest BCUT2D eigenvalue weighted by Gasteiger charge is 2.05. The summed E-state index contributed by atoms with van der Waals surface area (Å²) < 4.78 is 1.20. The third-order valence-corrected chi connectivity index (χ3v) is 1.31. The number of nitrogens with one attached hydrogen (secondary N) is 1. The Labute approximate surface area is 63.4 Å². The molecule has 11 heavy (non-hydrogen) atoms. The molecule has 1 N–H and O–H groups in total. The zero-order valence-corrected chi connectivity index (χ0v) is 5.82. The molecule has 0 fully saturated rings. The van der Waals surface area contributed by atoms with Crippen LogP contribution in [0.1, 0.15) is 6.04 Å². The summed E-state index contributed by atoms with van der Waals surface area (Å²) in [7, 11) is 0. The average Bonchev–Trinajstić information content (AvgIpc) is 2.40. The smallest absolute Gasteiger partial charge is 0.267 e. The molecule has 0 amide bonds. The van der Waals surface area contributed by atoms with Gasteiger partial charge in [-0.1, -0.05) is 12.7 Å². The number of rotatable bonds is 2. The van der Waals surface area contributed by atoms with Gasteiger partial charge in [-0.2, -0.15) is 5.26 Å². The Morgan fingerprint density at radius 3 is 3.00 bits per heavy atom. The van der Waals surface area contributed by atoms with Gasteiger partial charge >= 0.3 is 0 Å². The van der Waals surface area contributed by atoms with Gasteiger partial charge in [-0.15, -0.1) is 0 Å². The number of nitriles is 1. The third kappa shape index (κ3) is 1.22. The fraction of sp³-hybridized carbons (Fsp3) is 0.143. The second-order valence-electron chi connectivity index (χ2n) is 1.98. The Balaban J connectivity index is 3.11. The molecule has 0 radical (unpaired) electrons. The topological polar surface area (TPSA) is 61.6 Å². The van der Waals surface area contributed by atoms with E-state index in [1.165, 1.54) is 23.0 Å². The van der Waals surface area contributed by atoms with Gasteiger partial charge in [0.05, 0.1) is 6.07 Å². The summed E-state index contributed by atoms with van der Waals surface area (Å²) in [5.41, 5.74) is -0.226. The van der Waals surface area contributed by atoms with E-state index in [1.54, 1.807) is 0 Å². The number of aromatic amines is 1. The lowest BCUT2D eigenvalue weighted by Crippen LogP contribution is -2.19. The van der Waals surface area contributed by atoms with Crippen LogP contribution in [0.5, 0.6) is 0 Å². The maximum absolute atomic E-state index is 10.9. The Hall–Kier alpha value is -1.76. The summed E-state index contributed by atoms with van der Waals surface area (Å²) in [5.74, 6) is 0. The number of H-pyrrole nitrogens is 1. The molecule has 56 valence electrons. The van der Waals surface area contributed by atoms with Crippen LogP contribution in [0.2, 0.25) is 0 Å². The van der Waals surface area contributed by atoms with Crippen LogP contribution in [0.3, 0.4) is 0 Å². The largest absolute Gasteiger partial charge is 0.301 e. The molecule has 1 atom stereocenters. The molecule has 4 heteroatoms. The molecule has 0 saturated heterocycles. The van der Waals surface area contributed by atoms with E-state index < -0.39 is 6.04 Å². The first-order valence-corrected chi connectivity index (χ1v) is 3.07. The zero-order valence-electron chi connectivity index (χ0n) is 5.82. The van der Waals surface area contributed by atoms with E-state index in [1.807, 2.05) is 6.07 Å². The highest BCUT2D eigenvalue weighted by atomic mass is 16.1. The van der Waals surface area contributed by atoms with Gasteiger partial charge in [-0.3, -0.25) is 4.79 Å². The van der Waals surface area contributed by atoms with Crippen molar-refractivity contribution >= 4 is 0 Å². The molecule has 1 heterocycles. The molecular formula is C7H7N3O. The van der Waals surface area contributed by atoms with Gasteiger partial charge in [-0.25, -0.2) is 4.68 Å². The maximum Gasteiger partial charge on any atom is 0.267 e. The lowest BCUT2D eigenvalue weighted by molar-refractivity contribution is 0.617. The van der Waals surface area contributed by atoms with Crippen molar-refractivity contribution in [2.45, 2.75) is 6.04 Å². The monoisotopic (exact) mass is 149 g/mol. The lowest BCUT2D eigenvalue weighted by atomic mass is 10.3. The summed E-state index contributed by atoms with van der Waals surface area (Å²) in [6.45, 7) is 3.43. The number of nitrogens with zero attached hydrogens (tertiary/aromatic N) is 2. The fourth-order valence-corrected chi connectivity index (χ4v) is 0.766. The van der Waals surface area contributed by atoms with Crippen molar-refractivity contribution in [3.05, 3.63) is 35.3 Å². The van der Waals surface area contributed by atoms with Crippen LogP contribution in [-0.2, 0) is 0 Å². The van der Waals surface area contributed by atoms with E-state index in [0.29, 0.717) is 0 Å². The first-order valence-electron chi connectivity index (χ1n) is 3.07. The molecule has 1 unspecified atom stereocenters. The van der Waals surface area contributed by atoms with Crippen LogP contribution in [0, 0.1) is 11.3 Å². The van der Waals surface area contributed by atoms with E-state index in [4.69, 9.17) is 5.26 Å². The van der Waals surface area contributed by atoms with Crippen molar-refractivity contribution < 1.29 is 0 Å². The van der Waals surface area contributed by atoms with Gasteiger partial charge in [0.1, 0.15) is 0 Å². The van der Waals surface area contributed by atoms with E-state index in [9.17, 15) is 4.79 Å². The predicted molar refractivity (Wildman–Crippen MR) is 39.9 cm³/mol. The normalized spacial score (nSPS) is 11.9. The minimum absolute atomic E-state index is 0.226. The van der Waals surface area contributed by atoms with Crippen LogP contribution < -0.4 is 5.56 Å². The van der Waals surface area contributed by atoms with Crippen molar-refractivity contribution in [1.29, 1.82) is 5.26 Å². The highest BCUT2D eigenvalue weighted by Crippen LogP contribution is 1.98. The summed E-state index contributed by atoms with van der Waals surface area (Å²) >= 11 is 0. The molecule has 0 saturated carbocycles. The Morgan fingerprint density at radius 1 is 1.91 bits per heavy atom. The average molecular weight is 149 g/mol. The molecule has 4 nitrogen and oxygen atoms in total. The Kier molecular flexibility index (Phi) is 1.93. The summed E-state index contributed by atoms with van der Waals surface area (Å²) in [6.07, 6.45) is 2.88. The maximum atomic E-state index is 10.9. The SMILES string of the molecule is C=CC(C#N)n1[nH]ccc1=O. The number of hydrogen-bond acceptors (Lipinski definition) is 2. The van der Waals surface area contributed by atoms with Crippen LogP contribution >= 0.6 is 0 Å². The van der Waals surface area contributed by atoms with Gasteiger partial charge in [0, 0.05) is 12.3 Å². The molecule has 0 aliphatic heterocycles. The molecule has 0 spiro atoms. The fourth-order valence-electron chi connectivity index (χ4n) is 0.766. The quantitative estimate of drug-likeness (QED) is 0.619. The van der Waals surface area contributed by atoms with E-state index in [-0.39, 0.29) is 5.56 Å². The lowest BCUT2D eigenvalue weighted by Gasteiger charge is -2.01. The van der Waals surface area contributed by atoms with Gasteiger partial charge in [0.25, 0.3) is 5.56 Å². The third-order valence-electron chi connectivity index (χ3n) is 1.31. The molecule has 1 aromatic rings. The van der Waals surface area contributed by atoms with Crippen LogP contribution in [0.25, 0.3) is 0 Å². The first kappa shape index (κ1) is 7.35. The molecular weight excluding hydrogens is 142 g/mol.